The molecule has 1 aromatic heterocycles. The van der Waals surface area contributed by atoms with Crippen LogP contribution in [0.15, 0.2) is 12.3 Å². The van der Waals surface area contributed by atoms with Gasteiger partial charge in [0.25, 0.3) is 0 Å². The summed E-state index contributed by atoms with van der Waals surface area (Å²) in [6, 6.07) is 1.86. The fourth-order valence-corrected chi connectivity index (χ4v) is 2.76. The van der Waals surface area contributed by atoms with Gasteiger partial charge in [-0.05, 0) is 34.6 Å². The molecule has 1 N–H and O–H groups in total. The Kier molecular flexibility index (Phi) is 5.00. The molecule has 0 aliphatic carbocycles. The number of morpholine rings is 1. The van der Waals surface area contributed by atoms with Gasteiger partial charge in [0.15, 0.2) is 0 Å². The number of rotatable bonds is 4. The number of nitrogens with zero attached hydrogens (tertiary/aromatic N) is 3. The highest BCUT2D eigenvalue weighted by Gasteiger charge is 2.29. The molecule has 6 nitrogen and oxygen atoms in total. The van der Waals surface area contributed by atoms with Gasteiger partial charge in [0, 0.05) is 25.2 Å². The van der Waals surface area contributed by atoms with E-state index in [1.54, 1.807) is 6.20 Å². The molecule has 1 aliphatic rings. The highest BCUT2D eigenvalue weighted by Crippen LogP contribution is 2.17. The molecule has 1 fully saturated rings. The second kappa shape index (κ2) is 6.58. The third-order valence-electron chi connectivity index (χ3n) is 3.79. The van der Waals surface area contributed by atoms with Crippen molar-refractivity contribution in [2.24, 2.45) is 0 Å². The van der Waals surface area contributed by atoms with Gasteiger partial charge in [0.2, 0.25) is 5.91 Å². The maximum atomic E-state index is 12.5. The number of hydrogen-bond acceptors (Lipinski definition) is 4. The van der Waals surface area contributed by atoms with Gasteiger partial charge in [0.05, 0.1) is 24.4 Å². The van der Waals surface area contributed by atoms with Gasteiger partial charge in [0.1, 0.15) is 5.82 Å². The van der Waals surface area contributed by atoms with Crippen LogP contribution in [0.3, 0.4) is 0 Å². The summed E-state index contributed by atoms with van der Waals surface area (Å²) in [5, 5.41) is 7.21. The number of ether oxygens (including phenoxy) is 1. The first-order valence-electron chi connectivity index (χ1n) is 7.62. The van der Waals surface area contributed by atoms with Crippen molar-refractivity contribution in [3.05, 3.63) is 12.3 Å². The van der Waals surface area contributed by atoms with E-state index in [1.165, 1.54) is 0 Å². The second-order valence-corrected chi connectivity index (χ2v) is 6.13. The van der Waals surface area contributed by atoms with Gasteiger partial charge < -0.3 is 10.1 Å². The monoisotopic (exact) mass is 294 g/mol. The van der Waals surface area contributed by atoms with Crippen molar-refractivity contribution in [1.82, 2.24) is 14.7 Å². The Morgan fingerprint density at radius 2 is 1.95 bits per heavy atom. The number of hydrogen-bond donors (Lipinski definition) is 1. The zero-order valence-corrected chi connectivity index (χ0v) is 13.5. The Morgan fingerprint density at radius 3 is 2.52 bits per heavy atom. The lowest BCUT2D eigenvalue weighted by atomic mass is 10.1. The molecule has 1 amide bonds. The van der Waals surface area contributed by atoms with Crippen LogP contribution < -0.4 is 5.32 Å². The maximum Gasteiger partial charge on any atom is 0.242 e. The standard InChI is InChI=1S/C15H26N4O2/c1-10(2)19-14(6-7-16-19)17-15(20)13(5)18-8-11(3)21-12(4)9-18/h6-7,10-13H,8-9H2,1-5H3,(H,17,20)/t11-,12-,13+/m1/s1. The summed E-state index contributed by atoms with van der Waals surface area (Å²) >= 11 is 0. The molecule has 6 heteroatoms. The number of amides is 1. The van der Waals surface area contributed by atoms with Crippen molar-refractivity contribution >= 4 is 11.7 Å². The van der Waals surface area contributed by atoms with Crippen LogP contribution in [0.2, 0.25) is 0 Å². The summed E-state index contributed by atoms with van der Waals surface area (Å²) in [7, 11) is 0. The lowest BCUT2D eigenvalue weighted by Crippen LogP contribution is -2.52. The number of nitrogens with one attached hydrogen (secondary N) is 1. The molecule has 0 aromatic carbocycles. The molecule has 1 saturated heterocycles. The average Bonchev–Trinajstić information content (AvgIpc) is 2.84. The summed E-state index contributed by atoms with van der Waals surface area (Å²) in [6.45, 7) is 11.7. The van der Waals surface area contributed by atoms with Crippen LogP contribution in [0, 0.1) is 0 Å². The van der Waals surface area contributed by atoms with E-state index in [0.29, 0.717) is 0 Å². The minimum Gasteiger partial charge on any atom is -0.373 e. The van der Waals surface area contributed by atoms with E-state index in [0.717, 1.165) is 18.9 Å². The predicted octanol–water partition coefficient (Wildman–Crippen LogP) is 1.90. The van der Waals surface area contributed by atoms with Crippen molar-refractivity contribution in [2.75, 3.05) is 18.4 Å². The molecule has 3 atom stereocenters. The van der Waals surface area contributed by atoms with Crippen molar-refractivity contribution in [3.63, 3.8) is 0 Å². The molecule has 21 heavy (non-hydrogen) atoms. The number of carbonyl (C=O) groups excluding carboxylic acids is 1. The first-order chi connectivity index (χ1) is 9.88. The molecule has 118 valence electrons. The highest BCUT2D eigenvalue weighted by atomic mass is 16.5. The minimum absolute atomic E-state index is 0.00120. The molecule has 0 unspecified atom stereocenters. The second-order valence-electron chi connectivity index (χ2n) is 6.13. The van der Waals surface area contributed by atoms with Gasteiger partial charge in [-0.15, -0.1) is 0 Å². The van der Waals surface area contributed by atoms with Gasteiger partial charge in [-0.1, -0.05) is 0 Å². The zero-order chi connectivity index (χ0) is 15.6. The van der Waals surface area contributed by atoms with Crippen LogP contribution in [0.4, 0.5) is 5.82 Å². The smallest absolute Gasteiger partial charge is 0.242 e. The van der Waals surface area contributed by atoms with Gasteiger partial charge >= 0.3 is 0 Å². The molecule has 1 aromatic rings. The van der Waals surface area contributed by atoms with Crippen LogP contribution >= 0.6 is 0 Å². The van der Waals surface area contributed by atoms with Gasteiger partial charge in [-0.2, -0.15) is 5.10 Å². The van der Waals surface area contributed by atoms with Gasteiger partial charge in [-0.3, -0.25) is 9.69 Å². The fourth-order valence-electron chi connectivity index (χ4n) is 2.76. The zero-order valence-electron chi connectivity index (χ0n) is 13.5. The van der Waals surface area contributed by atoms with E-state index in [1.807, 2.05) is 45.4 Å². The summed E-state index contributed by atoms with van der Waals surface area (Å²) in [4.78, 5) is 14.6. The SMILES string of the molecule is CC(C)n1nccc1NC(=O)[C@H](C)N1C[C@@H](C)O[C@H](C)C1. The third kappa shape index (κ3) is 3.83. The first-order valence-corrected chi connectivity index (χ1v) is 7.62. The lowest BCUT2D eigenvalue weighted by molar-refractivity contribution is -0.126. The normalized spacial score (nSPS) is 25.0. The quantitative estimate of drug-likeness (QED) is 0.921. The number of anilines is 1. The Balaban J connectivity index is 2.00. The molecule has 1 aliphatic heterocycles. The highest BCUT2D eigenvalue weighted by molar-refractivity contribution is 5.93. The summed E-state index contributed by atoms with van der Waals surface area (Å²) < 4.78 is 7.53. The van der Waals surface area contributed by atoms with E-state index in [4.69, 9.17) is 4.74 Å². The van der Waals surface area contributed by atoms with Crippen molar-refractivity contribution in [2.45, 2.75) is 58.9 Å². The summed E-state index contributed by atoms with van der Waals surface area (Å²) in [5.41, 5.74) is 0. The number of aromatic nitrogens is 2. The van der Waals surface area contributed by atoms with Crippen LogP contribution in [0.5, 0.6) is 0 Å². The molecule has 0 bridgehead atoms. The summed E-state index contributed by atoms with van der Waals surface area (Å²) in [5.74, 6) is 0.745. The Morgan fingerprint density at radius 1 is 1.33 bits per heavy atom. The van der Waals surface area contributed by atoms with Gasteiger partial charge in [-0.25, -0.2) is 4.68 Å². The minimum atomic E-state index is -0.186. The van der Waals surface area contributed by atoms with E-state index in [2.05, 4.69) is 15.3 Å². The topological polar surface area (TPSA) is 59.4 Å². The lowest BCUT2D eigenvalue weighted by Gasteiger charge is -2.38. The van der Waals surface area contributed by atoms with Crippen molar-refractivity contribution in [1.29, 1.82) is 0 Å². The predicted molar refractivity (Wildman–Crippen MR) is 82.3 cm³/mol. The van der Waals surface area contributed by atoms with Crippen molar-refractivity contribution < 1.29 is 9.53 Å². The van der Waals surface area contributed by atoms with Crippen LogP contribution in [0.25, 0.3) is 0 Å². The van der Waals surface area contributed by atoms with E-state index >= 15 is 0 Å². The number of carbonyl (C=O) groups is 1. The maximum absolute atomic E-state index is 12.5. The molecule has 2 rings (SSSR count). The van der Waals surface area contributed by atoms with Crippen LogP contribution in [0.1, 0.15) is 40.7 Å². The van der Waals surface area contributed by atoms with Crippen LogP contribution in [-0.4, -0.2) is 51.9 Å². The Bertz CT molecular complexity index is 476. The average molecular weight is 294 g/mol. The third-order valence-corrected chi connectivity index (χ3v) is 3.79. The van der Waals surface area contributed by atoms with Crippen LogP contribution in [-0.2, 0) is 9.53 Å². The largest absolute Gasteiger partial charge is 0.373 e. The van der Waals surface area contributed by atoms with Crippen molar-refractivity contribution in [3.8, 4) is 0 Å². The first kappa shape index (κ1) is 16.0. The fraction of sp³-hybridized carbons (Fsp3) is 0.733. The molecule has 0 radical (unpaired) electrons. The Labute approximate surface area is 126 Å². The molecule has 0 spiro atoms. The molecular weight excluding hydrogens is 268 g/mol. The summed E-state index contributed by atoms with van der Waals surface area (Å²) in [6.07, 6.45) is 2.02. The van der Waals surface area contributed by atoms with E-state index < -0.39 is 0 Å². The Hall–Kier alpha value is -1.40. The molecule has 0 saturated carbocycles. The van der Waals surface area contributed by atoms with E-state index in [9.17, 15) is 4.79 Å². The molecule has 2 heterocycles. The molecular formula is C15H26N4O2. The van der Waals surface area contributed by atoms with E-state index in [-0.39, 0.29) is 30.2 Å².